The summed E-state index contributed by atoms with van der Waals surface area (Å²) in [5.74, 6) is -0.144. The number of ether oxygens (including phenoxy) is 2. The summed E-state index contributed by atoms with van der Waals surface area (Å²) in [7, 11) is 0. The molecule has 6 N–H and O–H groups in total. The zero-order valence-electron chi connectivity index (χ0n) is 45.6. The van der Waals surface area contributed by atoms with Gasteiger partial charge in [-0.05, 0) is 38.5 Å². The molecule has 1 fully saturated rings. The molecule has 9 heteroatoms. The Bertz CT molecular complexity index is 1090. The van der Waals surface area contributed by atoms with Gasteiger partial charge in [-0.3, -0.25) is 4.79 Å². The van der Waals surface area contributed by atoms with E-state index in [1.54, 1.807) is 0 Å². The molecule has 1 aliphatic heterocycles. The molecule has 0 radical (unpaired) electrons. The van der Waals surface area contributed by atoms with Crippen molar-refractivity contribution in [3.63, 3.8) is 0 Å². The molecular weight excluding hydrogens is 863 g/mol. The van der Waals surface area contributed by atoms with Crippen LogP contribution in [0.5, 0.6) is 0 Å². The van der Waals surface area contributed by atoms with Crippen molar-refractivity contribution in [2.75, 3.05) is 13.2 Å². The monoisotopic (exact) mass is 980 g/mol. The maximum absolute atomic E-state index is 13.1. The van der Waals surface area contributed by atoms with E-state index in [0.29, 0.717) is 12.8 Å². The number of aliphatic hydroxyl groups is 5. The second-order valence-electron chi connectivity index (χ2n) is 21.5. The quantitative estimate of drug-likeness (QED) is 0.0261. The lowest BCUT2D eigenvalue weighted by molar-refractivity contribution is -0.302. The minimum atomic E-state index is -1.55. The number of aliphatic hydroxyl groups excluding tert-OH is 5. The first-order valence-electron chi connectivity index (χ1n) is 30.4. The average Bonchev–Trinajstić information content (AvgIpc) is 3.35. The lowest BCUT2D eigenvalue weighted by atomic mass is 9.99. The average molecular weight is 981 g/mol. The summed E-state index contributed by atoms with van der Waals surface area (Å²) in [6.45, 7) is 3.87. The second kappa shape index (κ2) is 50.5. The number of amides is 1. The van der Waals surface area contributed by atoms with E-state index in [1.165, 1.54) is 244 Å². The van der Waals surface area contributed by atoms with E-state index in [1.807, 2.05) is 0 Å². The Hall–Kier alpha value is -1.07. The fraction of sp³-hybridized carbons (Fsp3) is 0.950. The predicted molar refractivity (Wildman–Crippen MR) is 291 cm³/mol. The molecular formula is C60H117NO8. The Labute approximate surface area is 426 Å². The largest absolute Gasteiger partial charge is 0.394 e. The number of nitrogens with one attached hydrogen (secondary N) is 1. The lowest BCUT2D eigenvalue weighted by Crippen LogP contribution is -2.60. The fourth-order valence-corrected chi connectivity index (χ4v) is 10.0. The molecule has 7 atom stereocenters. The standard InChI is InChI=1S/C60H117NO8/c1-3-5-7-9-11-13-15-17-19-21-22-23-24-25-26-27-28-29-30-31-32-34-35-37-39-41-43-45-47-49-54(63)53(52-68-60-59(67)58(66)57(65)55(51-62)69-60)61-56(64)50-48-46-44-42-40-38-36-33-20-18-16-14-12-10-8-6-4-2/h18,20,53-55,57-60,62-63,65-67H,3-17,19,21-52H2,1-2H3,(H,61,64)/b20-18-. The molecule has 0 aromatic carbocycles. The summed E-state index contributed by atoms with van der Waals surface area (Å²) in [6, 6.07) is -0.719. The van der Waals surface area contributed by atoms with Gasteiger partial charge in [-0.2, -0.15) is 0 Å². The first-order valence-corrected chi connectivity index (χ1v) is 30.4. The molecule has 1 heterocycles. The van der Waals surface area contributed by atoms with Crippen molar-refractivity contribution in [3.05, 3.63) is 12.2 Å². The van der Waals surface area contributed by atoms with Crippen molar-refractivity contribution in [1.29, 1.82) is 0 Å². The summed E-state index contributed by atoms with van der Waals surface area (Å²) in [5.41, 5.74) is 0. The van der Waals surface area contributed by atoms with E-state index in [4.69, 9.17) is 9.47 Å². The molecule has 0 aromatic heterocycles. The van der Waals surface area contributed by atoms with Crippen LogP contribution in [0.3, 0.4) is 0 Å². The molecule has 1 saturated heterocycles. The van der Waals surface area contributed by atoms with Gasteiger partial charge in [-0.1, -0.05) is 276 Å². The topological polar surface area (TPSA) is 149 Å². The van der Waals surface area contributed by atoms with E-state index in [0.717, 1.165) is 38.5 Å². The normalized spacial score (nSPS) is 19.4. The highest BCUT2D eigenvalue weighted by Gasteiger charge is 2.44. The molecule has 0 aromatic rings. The molecule has 1 aliphatic rings. The third-order valence-electron chi connectivity index (χ3n) is 14.9. The van der Waals surface area contributed by atoms with Gasteiger partial charge in [0, 0.05) is 6.42 Å². The Morgan fingerprint density at radius 1 is 0.478 bits per heavy atom. The molecule has 0 aliphatic carbocycles. The smallest absolute Gasteiger partial charge is 0.220 e. The third-order valence-corrected chi connectivity index (χ3v) is 14.9. The van der Waals surface area contributed by atoms with Gasteiger partial charge < -0.3 is 40.3 Å². The SMILES string of the molecule is CCCCCCCC/C=C\CCCCCCCCCC(=O)NC(COC1OC(CO)C(O)C(O)C1O)C(O)CCCCCCCCCCCCCCCCCCCCCCCCCCCCCCC. The van der Waals surface area contributed by atoms with E-state index in [9.17, 15) is 30.3 Å². The zero-order valence-corrected chi connectivity index (χ0v) is 45.6. The van der Waals surface area contributed by atoms with E-state index < -0.39 is 49.5 Å². The summed E-state index contributed by atoms with van der Waals surface area (Å²) in [6.07, 6.45) is 55.4. The minimum Gasteiger partial charge on any atom is -0.394 e. The molecule has 1 amide bonds. The maximum atomic E-state index is 13.1. The number of rotatable bonds is 53. The molecule has 7 unspecified atom stereocenters. The Kier molecular flexibility index (Phi) is 48.2. The summed E-state index contributed by atoms with van der Waals surface area (Å²) < 4.78 is 11.3. The van der Waals surface area contributed by atoms with Crippen molar-refractivity contribution < 1.29 is 39.8 Å². The maximum Gasteiger partial charge on any atom is 0.220 e. The van der Waals surface area contributed by atoms with Gasteiger partial charge in [0.05, 0.1) is 25.4 Å². The van der Waals surface area contributed by atoms with Crippen LogP contribution >= 0.6 is 0 Å². The zero-order chi connectivity index (χ0) is 50.1. The van der Waals surface area contributed by atoms with Crippen molar-refractivity contribution >= 4 is 5.91 Å². The minimum absolute atomic E-state index is 0.136. The molecule has 0 saturated carbocycles. The predicted octanol–water partition coefficient (Wildman–Crippen LogP) is 15.2. The van der Waals surface area contributed by atoms with Crippen LogP contribution in [0.4, 0.5) is 0 Å². The number of allylic oxidation sites excluding steroid dienone is 2. The van der Waals surface area contributed by atoms with Crippen LogP contribution in [0.2, 0.25) is 0 Å². The molecule has 0 spiro atoms. The molecule has 1 rings (SSSR count). The Morgan fingerprint density at radius 2 is 0.812 bits per heavy atom. The van der Waals surface area contributed by atoms with E-state index in [2.05, 4.69) is 31.3 Å². The van der Waals surface area contributed by atoms with Gasteiger partial charge in [0.2, 0.25) is 5.91 Å². The summed E-state index contributed by atoms with van der Waals surface area (Å²) in [4.78, 5) is 13.1. The van der Waals surface area contributed by atoms with Crippen molar-refractivity contribution in [1.82, 2.24) is 5.32 Å². The number of hydrogen-bond donors (Lipinski definition) is 6. The summed E-state index contributed by atoms with van der Waals surface area (Å²) >= 11 is 0. The van der Waals surface area contributed by atoms with Crippen LogP contribution in [0, 0.1) is 0 Å². The fourth-order valence-electron chi connectivity index (χ4n) is 10.0. The van der Waals surface area contributed by atoms with Gasteiger partial charge in [0.1, 0.15) is 24.4 Å². The second-order valence-corrected chi connectivity index (χ2v) is 21.5. The number of carbonyl (C=O) groups is 1. The van der Waals surface area contributed by atoms with Crippen molar-refractivity contribution in [2.24, 2.45) is 0 Å². The van der Waals surface area contributed by atoms with Crippen molar-refractivity contribution in [3.8, 4) is 0 Å². The van der Waals surface area contributed by atoms with Crippen LogP contribution < -0.4 is 5.32 Å². The van der Waals surface area contributed by atoms with Crippen LogP contribution in [0.15, 0.2) is 12.2 Å². The van der Waals surface area contributed by atoms with E-state index in [-0.39, 0.29) is 12.5 Å². The Balaban J connectivity index is 2.14. The third kappa shape index (κ3) is 40.1. The van der Waals surface area contributed by atoms with Gasteiger partial charge in [0.15, 0.2) is 6.29 Å². The highest BCUT2D eigenvalue weighted by Crippen LogP contribution is 2.23. The van der Waals surface area contributed by atoms with Gasteiger partial charge in [-0.15, -0.1) is 0 Å². The van der Waals surface area contributed by atoms with Crippen LogP contribution in [-0.2, 0) is 14.3 Å². The highest BCUT2D eigenvalue weighted by molar-refractivity contribution is 5.76. The Morgan fingerprint density at radius 3 is 1.17 bits per heavy atom. The van der Waals surface area contributed by atoms with Crippen molar-refractivity contribution in [2.45, 2.75) is 352 Å². The lowest BCUT2D eigenvalue weighted by Gasteiger charge is -2.40. The van der Waals surface area contributed by atoms with Crippen LogP contribution in [0.25, 0.3) is 0 Å². The van der Waals surface area contributed by atoms with Crippen LogP contribution in [0.1, 0.15) is 309 Å². The van der Waals surface area contributed by atoms with Gasteiger partial charge in [-0.25, -0.2) is 0 Å². The first-order chi connectivity index (χ1) is 33.8. The van der Waals surface area contributed by atoms with Gasteiger partial charge in [0.25, 0.3) is 0 Å². The molecule has 9 nitrogen and oxygen atoms in total. The highest BCUT2D eigenvalue weighted by atomic mass is 16.7. The molecule has 410 valence electrons. The van der Waals surface area contributed by atoms with Crippen LogP contribution in [-0.4, -0.2) is 87.5 Å². The summed E-state index contributed by atoms with van der Waals surface area (Å²) in [5, 5.41) is 54.7. The number of hydrogen-bond acceptors (Lipinski definition) is 8. The first kappa shape index (κ1) is 65.9. The number of unbranched alkanes of at least 4 members (excludes halogenated alkanes) is 41. The molecule has 0 bridgehead atoms. The molecule has 69 heavy (non-hydrogen) atoms. The van der Waals surface area contributed by atoms with Gasteiger partial charge >= 0.3 is 0 Å². The number of carbonyl (C=O) groups excluding carboxylic acids is 1. The van der Waals surface area contributed by atoms with E-state index >= 15 is 0 Å².